The number of amides is 1. The molecule has 2 N–H and O–H groups in total. The monoisotopic (exact) mass is 389 g/mol. The molecule has 1 aliphatic heterocycles. The largest absolute Gasteiger partial charge is 0.321 e. The van der Waals surface area contributed by atoms with Gasteiger partial charge in [-0.2, -0.15) is 10.4 Å². The van der Waals surface area contributed by atoms with Crippen molar-refractivity contribution in [2.75, 3.05) is 5.32 Å². The lowest BCUT2D eigenvalue weighted by molar-refractivity contribution is -0.110. The zero-order valence-corrected chi connectivity index (χ0v) is 15.8. The lowest BCUT2D eigenvalue weighted by Gasteiger charge is -2.00. The molecule has 4 aromatic rings. The highest BCUT2D eigenvalue weighted by molar-refractivity contribution is 6.35. The number of nitrogens with zero attached hydrogens (tertiary/aromatic N) is 3. The molecule has 30 heavy (non-hydrogen) atoms. The molecule has 0 fully saturated rings. The van der Waals surface area contributed by atoms with E-state index in [0.29, 0.717) is 11.1 Å². The summed E-state index contributed by atoms with van der Waals surface area (Å²) in [5, 5.41) is 20.4. The number of nitrogens with one attached hydrogen (secondary N) is 2. The number of aromatic amines is 1. The molecule has 0 aliphatic carbocycles. The predicted octanol–water partition coefficient (Wildman–Crippen LogP) is 4.49. The standard InChI is InChI=1S/C24H15N5O/c25-14-17-3-5-21-19(12-17)20(24(30)27-21)11-16-1-4-18-22(28-29-23(18)13-16)6-2-15-7-9-26-10-8-15/h1-13H,(H,27,30)(H,28,29)/b6-2+,20-11-. The van der Waals surface area contributed by atoms with Gasteiger partial charge in [0.25, 0.3) is 5.91 Å². The Hall–Kier alpha value is -4.50. The van der Waals surface area contributed by atoms with Crippen molar-refractivity contribution in [3.63, 3.8) is 0 Å². The Morgan fingerprint density at radius 2 is 1.83 bits per heavy atom. The summed E-state index contributed by atoms with van der Waals surface area (Å²) in [6, 6.07) is 17.0. The maximum absolute atomic E-state index is 12.4. The van der Waals surface area contributed by atoms with Crippen LogP contribution in [0, 0.1) is 11.3 Å². The highest BCUT2D eigenvalue weighted by atomic mass is 16.2. The van der Waals surface area contributed by atoms with Crippen LogP contribution in [0.4, 0.5) is 5.69 Å². The van der Waals surface area contributed by atoms with E-state index in [0.717, 1.165) is 39.0 Å². The molecule has 0 radical (unpaired) electrons. The summed E-state index contributed by atoms with van der Waals surface area (Å²) in [4.78, 5) is 16.4. The molecule has 142 valence electrons. The van der Waals surface area contributed by atoms with Crippen LogP contribution in [0.1, 0.15) is 27.9 Å². The number of anilines is 1. The first-order chi connectivity index (χ1) is 14.7. The third kappa shape index (κ3) is 3.15. The number of hydrogen-bond acceptors (Lipinski definition) is 4. The van der Waals surface area contributed by atoms with Crippen LogP contribution in [0.2, 0.25) is 0 Å². The Balaban J connectivity index is 1.49. The molecule has 6 nitrogen and oxygen atoms in total. The molecule has 3 heterocycles. The maximum Gasteiger partial charge on any atom is 0.256 e. The predicted molar refractivity (Wildman–Crippen MR) is 117 cm³/mol. The molecule has 0 bridgehead atoms. The zero-order valence-electron chi connectivity index (χ0n) is 15.8. The minimum atomic E-state index is -0.175. The van der Waals surface area contributed by atoms with Crippen LogP contribution in [0.25, 0.3) is 34.7 Å². The second-order valence-corrected chi connectivity index (χ2v) is 6.91. The SMILES string of the molecule is N#Cc1ccc2c(c1)/C(=C/c1ccc3c(/C=C/c4ccncc4)n[nH]c3c1)C(=O)N2. The minimum absolute atomic E-state index is 0.175. The highest BCUT2D eigenvalue weighted by Crippen LogP contribution is 2.34. The summed E-state index contributed by atoms with van der Waals surface area (Å²) in [5.41, 5.74) is 6.15. The summed E-state index contributed by atoms with van der Waals surface area (Å²) < 4.78 is 0. The Kier molecular flexibility index (Phi) is 4.19. The van der Waals surface area contributed by atoms with Crippen molar-refractivity contribution in [2.24, 2.45) is 0 Å². The number of hydrogen-bond donors (Lipinski definition) is 2. The average Bonchev–Trinajstić information content (AvgIpc) is 3.32. The molecule has 2 aromatic heterocycles. The Morgan fingerprint density at radius 1 is 0.967 bits per heavy atom. The van der Waals surface area contributed by atoms with E-state index in [-0.39, 0.29) is 5.91 Å². The summed E-state index contributed by atoms with van der Waals surface area (Å²) in [5.74, 6) is -0.175. The summed E-state index contributed by atoms with van der Waals surface area (Å²) in [6.45, 7) is 0. The van der Waals surface area contributed by atoms with E-state index in [1.165, 1.54) is 0 Å². The molecule has 0 saturated heterocycles. The molecule has 2 aromatic carbocycles. The number of rotatable bonds is 3. The minimum Gasteiger partial charge on any atom is -0.321 e. The molecule has 0 unspecified atom stereocenters. The van der Waals surface area contributed by atoms with Crippen molar-refractivity contribution in [3.8, 4) is 6.07 Å². The smallest absolute Gasteiger partial charge is 0.256 e. The fourth-order valence-corrected chi connectivity index (χ4v) is 3.49. The highest BCUT2D eigenvalue weighted by Gasteiger charge is 2.24. The molecular formula is C24H15N5O. The number of nitriles is 1. The third-order valence-electron chi connectivity index (χ3n) is 5.00. The third-order valence-corrected chi connectivity index (χ3v) is 5.00. The van der Waals surface area contributed by atoms with Gasteiger partial charge in [0.05, 0.1) is 22.8 Å². The Bertz CT molecular complexity index is 1390. The van der Waals surface area contributed by atoms with E-state index in [2.05, 4.69) is 26.6 Å². The van der Waals surface area contributed by atoms with Gasteiger partial charge in [-0.3, -0.25) is 14.9 Å². The van der Waals surface area contributed by atoms with Crippen molar-refractivity contribution < 1.29 is 4.79 Å². The Labute approximate surface area is 172 Å². The maximum atomic E-state index is 12.4. The fourth-order valence-electron chi connectivity index (χ4n) is 3.49. The molecule has 0 spiro atoms. The van der Waals surface area contributed by atoms with E-state index < -0.39 is 0 Å². The van der Waals surface area contributed by atoms with Gasteiger partial charge in [-0.25, -0.2) is 0 Å². The average molecular weight is 389 g/mol. The van der Waals surface area contributed by atoms with Gasteiger partial charge in [0.1, 0.15) is 0 Å². The summed E-state index contributed by atoms with van der Waals surface area (Å²) in [6.07, 6.45) is 9.27. The van der Waals surface area contributed by atoms with Gasteiger partial charge in [-0.15, -0.1) is 0 Å². The van der Waals surface area contributed by atoms with Crippen LogP contribution >= 0.6 is 0 Å². The lowest BCUT2D eigenvalue weighted by Crippen LogP contribution is -2.03. The van der Waals surface area contributed by atoms with E-state index in [4.69, 9.17) is 5.26 Å². The second-order valence-electron chi connectivity index (χ2n) is 6.91. The number of carbonyl (C=O) groups is 1. The lowest BCUT2D eigenvalue weighted by atomic mass is 10.0. The van der Waals surface area contributed by atoms with E-state index in [1.54, 1.807) is 30.6 Å². The molecule has 5 rings (SSSR count). The van der Waals surface area contributed by atoms with E-state index in [1.807, 2.05) is 48.6 Å². The van der Waals surface area contributed by atoms with E-state index >= 15 is 0 Å². The zero-order chi connectivity index (χ0) is 20.5. The number of fused-ring (bicyclic) bond motifs is 2. The first-order valence-corrected chi connectivity index (χ1v) is 9.35. The molecular weight excluding hydrogens is 374 g/mol. The molecule has 6 heteroatoms. The Morgan fingerprint density at radius 3 is 2.67 bits per heavy atom. The topological polar surface area (TPSA) is 94.5 Å². The first kappa shape index (κ1) is 17.6. The van der Waals surface area contributed by atoms with Crippen molar-refractivity contribution in [2.45, 2.75) is 0 Å². The molecule has 0 atom stereocenters. The van der Waals surface area contributed by atoms with Crippen molar-refractivity contribution >= 4 is 46.3 Å². The van der Waals surface area contributed by atoms with Crippen LogP contribution in [-0.2, 0) is 4.79 Å². The molecule has 0 saturated carbocycles. The van der Waals surface area contributed by atoms with Gasteiger partial charge >= 0.3 is 0 Å². The first-order valence-electron chi connectivity index (χ1n) is 9.35. The van der Waals surface area contributed by atoms with Crippen molar-refractivity contribution in [1.82, 2.24) is 15.2 Å². The van der Waals surface area contributed by atoms with Gasteiger partial charge in [0.2, 0.25) is 0 Å². The van der Waals surface area contributed by atoms with Gasteiger partial charge in [0, 0.05) is 34.6 Å². The number of benzene rings is 2. The second kappa shape index (κ2) is 7.15. The number of pyridine rings is 1. The summed E-state index contributed by atoms with van der Waals surface area (Å²) >= 11 is 0. The quantitative estimate of drug-likeness (QED) is 0.505. The summed E-state index contributed by atoms with van der Waals surface area (Å²) in [7, 11) is 0. The van der Waals surface area contributed by atoms with Gasteiger partial charge < -0.3 is 5.32 Å². The van der Waals surface area contributed by atoms with Crippen LogP contribution in [0.5, 0.6) is 0 Å². The normalized spacial score (nSPS) is 14.2. The van der Waals surface area contributed by atoms with Crippen LogP contribution < -0.4 is 5.32 Å². The van der Waals surface area contributed by atoms with Crippen LogP contribution in [0.3, 0.4) is 0 Å². The van der Waals surface area contributed by atoms with Gasteiger partial charge in [-0.1, -0.05) is 12.1 Å². The fraction of sp³-hybridized carbons (Fsp3) is 0. The van der Waals surface area contributed by atoms with Crippen LogP contribution in [0.15, 0.2) is 60.9 Å². The van der Waals surface area contributed by atoms with E-state index in [9.17, 15) is 4.79 Å². The number of aromatic nitrogens is 3. The van der Waals surface area contributed by atoms with Crippen molar-refractivity contribution in [1.29, 1.82) is 5.26 Å². The molecule has 1 aliphatic rings. The van der Waals surface area contributed by atoms with Gasteiger partial charge in [-0.05, 0) is 65.7 Å². The number of H-pyrrole nitrogens is 1. The van der Waals surface area contributed by atoms with Gasteiger partial charge in [0.15, 0.2) is 0 Å². The van der Waals surface area contributed by atoms with Crippen molar-refractivity contribution in [3.05, 3.63) is 88.9 Å². The molecule has 1 amide bonds. The van der Waals surface area contributed by atoms with Crippen LogP contribution in [-0.4, -0.2) is 21.1 Å². The number of carbonyl (C=O) groups excluding carboxylic acids is 1.